The number of hydrogen-bond donors (Lipinski definition) is 2. The molecule has 0 spiro atoms. The van der Waals surface area contributed by atoms with Crippen LogP contribution in [0.2, 0.25) is 5.02 Å². The first-order chi connectivity index (χ1) is 9.54. The second kappa shape index (κ2) is 6.44. The van der Waals surface area contributed by atoms with Crippen molar-refractivity contribution in [2.45, 2.75) is 19.4 Å². The molecule has 0 radical (unpaired) electrons. The molecular formula is C16H17ClN2O. The smallest absolute Gasteiger partial charge is 0.221 e. The molecule has 0 aliphatic rings. The van der Waals surface area contributed by atoms with Crippen molar-refractivity contribution in [3.63, 3.8) is 0 Å². The van der Waals surface area contributed by atoms with Gasteiger partial charge in [0.05, 0.1) is 6.42 Å². The van der Waals surface area contributed by atoms with Gasteiger partial charge in [-0.1, -0.05) is 35.9 Å². The second-order valence-corrected chi connectivity index (χ2v) is 5.20. The molecule has 2 aromatic rings. The summed E-state index contributed by atoms with van der Waals surface area (Å²) < 4.78 is 0. The first-order valence-corrected chi connectivity index (χ1v) is 6.81. The molecule has 3 nitrogen and oxygen atoms in total. The lowest BCUT2D eigenvalue weighted by molar-refractivity contribution is -0.117. The van der Waals surface area contributed by atoms with Gasteiger partial charge in [-0.05, 0) is 42.3 Å². The van der Waals surface area contributed by atoms with Crippen molar-refractivity contribution in [1.82, 2.24) is 0 Å². The van der Waals surface area contributed by atoms with Gasteiger partial charge in [0.2, 0.25) is 5.91 Å². The molecule has 0 heterocycles. The topological polar surface area (TPSA) is 55.1 Å². The van der Waals surface area contributed by atoms with Gasteiger partial charge in [-0.25, -0.2) is 0 Å². The Morgan fingerprint density at radius 1 is 1.25 bits per heavy atom. The van der Waals surface area contributed by atoms with Crippen LogP contribution in [0.25, 0.3) is 0 Å². The highest BCUT2D eigenvalue weighted by Crippen LogP contribution is 2.22. The Labute approximate surface area is 123 Å². The summed E-state index contributed by atoms with van der Waals surface area (Å²) in [7, 11) is 0. The van der Waals surface area contributed by atoms with Crippen LogP contribution in [0, 0.1) is 0 Å². The maximum atomic E-state index is 10.8. The summed E-state index contributed by atoms with van der Waals surface area (Å²) >= 11 is 5.99. The molecule has 104 valence electrons. The van der Waals surface area contributed by atoms with Crippen molar-refractivity contribution in [1.29, 1.82) is 0 Å². The Bertz CT molecular complexity index is 596. The lowest BCUT2D eigenvalue weighted by atomic mass is 10.1. The number of anilines is 1. The van der Waals surface area contributed by atoms with Crippen molar-refractivity contribution in [3.05, 3.63) is 64.7 Å². The first-order valence-electron chi connectivity index (χ1n) is 6.44. The van der Waals surface area contributed by atoms with Crippen molar-refractivity contribution in [2.75, 3.05) is 5.32 Å². The van der Waals surface area contributed by atoms with Crippen LogP contribution in [0.1, 0.15) is 24.1 Å². The standard InChI is InChI=1S/C16H17ClN2O/c1-11(13-3-2-4-14(17)10-13)19-15-7-5-12(6-8-15)9-16(18)20/h2-8,10-11,19H,9H2,1H3,(H2,18,20). The van der Waals surface area contributed by atoms with E-state index < -0.39 is 0 Å². The summed E-state index contributed by atoms with van der Waals surface area (Å²) in [4.78, 5) is 10.8. The zero-order valence-corrected chi connectivity index (χ0v) is 12.0. The van der Waals surface area contributed by atoms with Crippen LogP contribution in [-0.4, -0.2) is 5.91 Å². The van der Waals surface area contributed by atoms with Crippen LogP contribution in [0.15, 0.2) is 48.5 Å². The maximum Gasteiger partial charge on any atom is 0.221 e. The van der Waals surface area contributed by atoms with E-state index in [1.807, 2.05) is 48.5 Å². The molecule has 2 aromatic carbocycles. The van der Waals surface area contributed by atoms with Gasteiger partial charge in [-0.3, -0.25) is 4.79 Å². The van der Waals surface area contributed by atoms with Crippen LogP contribution >= 0.6 is 11.6 Å². The number of carbonyl (C=O) groups excluding carboxylic acids is 1. The van der Waals surface area contributed by atoms with Crippen LogP contribution < -0.4 is 11.1 Å². The molecule has 2 rings (SSSR count). The van der Waals surface area contributed by atoms with Crippen molar-refractivity contribution in [3.8, 4) is 0 Å². The molecule has 1 amide bonds. The Balaban J connectivity index is 2.04. The van der Waals surface area contributed by atoms with Crippen LogP contribution in [0.3, 0.4) is 0 Å². The highest BCUT2D eigenvalue weighted by Gasteiger charge is 2.06. The van der Waals surface area contributed by atoms with Crippen LogP contribution in [0.4, 0.5) is 5.69 Å². The third-order valence-electron chi connectivity index (χ3n) is 3.06. The fourth-order valence-corrected chi connectivity index (χ4v) is 2.23. The average molecular weight is 289 g/mol. The van der Waals surface area contributed by atoms with Crippen LogP contribution in [-0.2, 0) is 11.2 Å². The van der Waals surface area contributed by atoms with Gasteiger partial charge in [0, 0.05) is 16.8 Å². The average Bonchev–Trinajstić information content (AvgIpc) is 2.40. The van der Waals surface area contributed by atoms with Crippen molar-refractivity contribution >= 4 is 23.2 Å². The van der Waals surface area contributed by atoms with Gasteiger partial charge in [0.1, 0.15) is 0 Å². The van der Waals surface area contributed by atoms with E-state index >= 15 is 0 Å². The van der Waals surface area contributed by atoms with Gasteiger partial charge in [-0.15, -0.1) is 0 Å². The number of primary amides is 1. The molecule has 1 atom stereocenters. The van der Waals surface area contributed by atoms with E-state index in [1.54, 1.807) is 0 Å². The molecule has 0 aromatic heterocycles. The first kappa shape index (κ1) is 14.4. The zero-order valence-electron chi connectivity index (χ0n) is 11.3. The van der Waals surface area contributed by atoms with Crippen molar-refractivity contribution in [2.24, 2.45) is 5.73 Å². The Kier molecular flexibility index (Phi) is 4.64. The van der Waals surface area contributed by atoms with Gasteiger partial charge < -0.3 is 11.1 Å². The Hall–Kier alpha value is -2.00. The highest BCUT2D eigenvalue weighted by atomic mass is 35.5. The molecule has 20 heavy (non-hydrogen) atoms. The SMILES string of the molecule is CC(Nc1ccc(CC(N)=O)cc1)c1cccc(Cl)c1. The Morgan fingerprint density at radius 2 is 1.95 bits per heavy atom. The van der Waals surface area contributed by atoms with Gasteiger partial charge in [0.25, 0.3) is 0 Å². The lowest BCUT2D eigenvalue weighted by Crippen LogP contribution is -2.13. The molecular weight excluding hydrogens is 272 g/mol. The summed E-state index contributed by atoms with van der Waals surface area (Å²) in [6, 6.07) is 15.6. The lowest BCUT2D eigenvalue weighted by Gasteiger charge is -2.16. The number of carbonyl (C=O) groups is 1. The molecule has 3 N–H and O–H groups in total. The van der Waals surface area contributed by atoms with E-state index in [1.165, 1.54) is 0 Å². The van der Waals surface area contributed by atoms with E-state index in [2.05, 4.69) is 12.2 Å². The molecule has 1 unspecified atom stereocenters. The third-order valence-corrected chi connectivity index (χ3v) is 3.30. The van der Waals surface area contributed by atoms with Gasteiger partial charge in [0.15, 0.2) is 0 Å². The molecule has 0 aliphatic carbocycles. The quantitative estimate of drug-likeness (QED) is 0.884. The third kappa shape index (κ3) is 4.00. The zero-order chi connectivity index (χ0) is 14.5. The predicted molar refractivity (Wildman–Crippen MR) is 82.8 cm³/mol. The summed E-state index contributed by atoms with van der Waals surface area (Å²) in [6.07, 6.45) is 0.268. The normalized spacial score (nSPS) is 11.9. The van der Waals surface area contributed by atoms with Gasteiger partial charge in [-0.2, -0.15) is 0 Å². The summed E-state index contributed by atoms with van der Waals surface area (Å²) in [5.74, 6) is -0.321. The number of benzene rings is 2. The van der Waals surface area contributed by atoms with Crippen molar-refractivity contribution < 1.29 is 4.79 Å². The molecule has 0 bridgehead atoms. The minimum atomic E-state index is -0.321. The molecule has 0 fully saturated rings. The second-order valence-electron chi connectivity index (χ2n) is 4.76. The fraction of sp³-hybridized carbons (Fsp3) is 0.188. The van der Waals surface area contributed by atoms with E-state index in [0.29, 0.717) is 0 Å². The number of halogens is 1. The van der Waals surface area contributed by atoms with E-state index in [-0.39, 0.29) is 18.4 Å². The number of rotatable bonds is 5. The van der Waals surface area contributed by atoms with Crippen LogP contribution in [0.5, 0.6) is 0 Å². The number of nitrogens with two attached hydrogens (primary N) is 1. The molecule has 4 heteroatoms. The van der Waals surface area contributed by atoms with Gasteiger partial charge >= 0.3 is 0 Å². The van der Waals surface area contributed by atoms with E-state index in [9.17, 15) is 4.79 Å². The monoisotopic (exact) mass is 288 g/mol. The number of hydrogen-bond acceptors (Lipinski definition) is 2. The maximum absolute atomic E-state index is 10.8. The summed E-state index contributed by atoms with van der Waals surface area (Å²) in [5.41, 5.74) is 8.20. The van der Waals surface area contributed by atoms with E-state index in [4.69, 9.17) is 17.3 Å². The van der Waals surface area contributed by atoms with E-state index in [0.717, 1.165) is 21.8 Å². The number of amides is 1. The summed E-state index contributed by atoms with van der Waals surface area (Å²) in [6.45, 7) is 2.07. The highest BCUT2D eigenvalue weighted by molar-refractivity contribution is 6.30. The number of nitrogens with one attached hydrogen (secondary N) is 1. The molecule has 0 saturated heterocycles. The largest absolute Gasteiger partial charge is 0.379 e. The predicted octanol–water partition coefficient (Wildman–Crippen LogP) is 3.54. The Morgan fingerprint density at radius 3 is 2.55 bits per heavy atom. The minimum absolute atomic E-state index is 0.149. The molecule has 0 aliphatic heterocycles. The molecule has 0 saturated carbocycles. The minimum Gasteiger partial charge on any atom is -0.379 e. The fourth-order valence-electron chi connectivity index (χ4n) is 2.03. The summed E-state index contributed by atoms with van der Waals surface area (Å²) in [5, 5.41) is 4.12.